The van der Waals surface area contributed by atoms with Gasteiger partial charge in [-0.25, -0.2) is 0 Å². The highest BCUT2D eigenvalue weighted by Gasteiger charge is 2.10. The quantitative estimate of drug-likeness (QED) is 0.481. The summed E-state index contributed by atoms with van der Waals surface area (Å²) in [5.74, 6) is 0.183. The standard InChI is InChI=1S/C13H15N5O3S/c1-8(19)12-15-17-13(21-12)16-14-10-4-3-9(7-11(10)20)18(2)5-6-22/h3-4,7,20,22H,5-6H2,1-2H3. The number of phenolic OH excluding ortho intramolecular Hbond substituents is 1. The maximum atomic E-state index is 11.0. The van der Waals surface area contributed by atoms with E-state index >= 15 is 0 Å². The third-order valence-electron chi connectivity index (χ3n) is 2.79. The SMILES string of the molecule is CC(=O)c1nnc(N=Nc2ccc(N(C)CCS)cc2O)o1. The first-order chi connectivity index (χ1) is 10.5. The van der Waals surface area contributed by atoms with E-state index in [-0.39, 0.29) is 29.1 Å². The number of rotatable bonds is 6. The van der Waals surface area contributed by atoms with E-state index in [1.54, 1.807) is 18.2 Å². The highest BCUT2D eigenvalue weighted by Crippen LogP contribution is 2.31. The van der Waals surface area contributed by atoms with Crippen molar-refractivity contribution in [1.82, 2.24) is 10.2 Å². The van der Waals surface area contributed by atoms with Gasteiger partial charge >= 0.3 is 6.01 Å². The summed E-state index contributed by atoms with van der Waals surface area (Å²) < 4.78 is 4.97. The van der Waals surface area contributed by atoms with Crippen LogP contribution in [0.15, 0.2) is 32.8 Å². The van der Waals surface area contributed by atoms with E-state index in [1.807, 2.05) is 11.9 Å². The van der Waals surface area contributed by atoms with Gasteiger partial charge in [0, 0.05) is 38.0 Å². The third kappa shape index (κ3) is 3.82. The molecule has 116 valence electrons. The summed E-state index contributed by atoms with van der Waals surface area (Å²) in [5.41, 5.74) is 1.09. The summed E-state index contributed by atoms with van der Waals surface area (Å²) in [7, 11) is 1.90. The number of benzene rings is 1. The highest BCUT2D eigenvalue weighted by atomic mass is 32.1. The summed E-state index contributed by atoms with van der Waals surface area (Å²) in [6.07, 6.45) is 0. The van der Waals surface area contributed by atoms with Crippen molar-refractivity contribution in [3.63, 3.8) is 0 Å². The number of thiol groups is 1. The Morgan fingerprint density at radius 2 is 2.18 bits per heavy atom. The van der Waals surface area contributed by atoms with Crippen molar-refractivity contribution in [2.45, 2.75) is 6.92 Å². The van der Waals surface area contributed by atoms with Crippen molar-refractivity contribution >= 4 is 35.8 Å². The number of Topliss-reactive ketones (excluding diaryl/α,β-unsaturated/α-hetero) is 1. The number of aromatic hydroxyl groups is 1. The number of anilines is 1. The molecular weight excluding hydrogens is 306 g/mol. The van der Waals surface area contributed by atoms with Gasteiger partial charge in [0.2, 0.25) is 5.78 Å². The Kier molecular flexibility index (Phi) is 5.10. The smallest absolute Gasteiger partial charge is 0.362 e. The lowest BCUT2D eigenvalue weighted by molar-refractivity contribution is 0.0981. The van der Waals surface area contributed by atoms with Crippen LogP contribution in [0.4, 0.5) is 17.4 Å². The van der Waals surface area contributed by atoms with E-state index in [2.05, 4.69) is 33.1 Å². The maximum absolute atomic E-state index is 11.0. The molecule has 0 amide bonds. The molecule has 0 spiro atoms. The predicted octanol–water partition coefficient (Wildman–Crippen LogP) is 2.76. The lowest BCUT2D eigenvalue weighted by Crippen LogP contribution is -2.19. The molecule has 2 aromatic rings. The molecule has 0 radical (unpaired) electrons. The van der Waals surface area contributed by atoms with Crippen LogP contribution in [0.1, 0.15) is 17.6 Å². The predicted molar refractivity (Wildman–Crippen MR) is 83.7 cm³/mol. The maximum Gasteiger partial charge on any atom is 0.362 e. The van der Waals surface area contributed by atoms with E-state index in [1.165, 1.54) is 6.92 Å². The molecule has 1 heterocycles. The van der Waals surface area contributed by atoms with Crippen molar-refractivity contribution in [3.05, 3.63) is 24.1 Å². The number of aromatic nitrogens is 2. The summed E-state index contributed by atoms with van der Waals surface area (Å²) in [6, 6.07) is 4.84. The fourth-order valence-electron chi connectivity index (χ4n) is 1.61. The average molecular weight is 321 g/mol. The van der Waals surface area contributed by atoms with Crippen LogP contribution in [0.5, 0.6) is 5.75 Å². The molecule has 0 bridgehead atoms. The van der Waals surface area contributed by atoms with Crippen LogP contribution in [0, 0.1) is 0 Å². The molecule has 0 unspecified atom stereocenters. The zero-order valence-electron chi connectivity index (χ0n) is 12.1. The molecule has 9 heteroatoms. The first-order valence-corrected chi connectivity index (χ1v) is 7.05. The van der Waals surface area contributed by atoms with Gasteiger partial charge in [0.05, 0.1) is 0 Å². The van der Waals surface area contributed by atoms with Crippen molar-refractivity contribution in [2.75, 3.05) is 24.2 Å². The van der Waals surface area contributed by atoms with Crippen molar-refractivity contribution in [3.8, 4) is 5.75 Å². The van der Waals surface area contributed by atoms with E-state index in [0.717, 1.165) is 12.2 Å². The van der Waals surface area contributed by atoms with Gasteiger partial charge in [0.15, 0.2) is 0 Å². The first-order valence-electron chi connectivity index (χ1n) is 6.42. The van der Waals surface area contributed by atoms with Crippen LogP contribution in [0.25, 0.3) is 0 Å². The number of carbonyl (C=O) groups excluding carboxylic acids is 1. The van der Waals surface area contributed by atoms with E-state index in [4.69, 9.17) is 4.42 Å². The largest absolute Gasteiger partial charge is 0.506 e. The molecular formula is C13H15N5O3S. The lowest BCUT2D eigenvalue weighted by atomic mass is 10.2. The molecule has 0 atom stereocenters. The van der Waals surface area contributed by atoms with Gasteiger partial charge in [-0.05, 0) is 12.1 Å². The molecule has 1 aromatic heterocycles. The second kappa shape index (κ2) is 7.03. The van der Waals surface area contributed by atoms with Gasteiger partial charge in [0.1, 0.15) is 11.4 Å². The number of ketones is 1. The van der Waals surface area contributed by atoms with Gasteiger partial charge in [-0.2, -0.15) is 12.6 Å². The van der Waals surface area contributed by atoms with Crippen molar-refractivity contribution in [2.24, 2.45) is 10.2 Å². The zero-order chi connectivity index (χ0) is 16.1. The normalized spacial score (nSPS) is 11.0. The minimum Gasteiger partial charge on any atom is -0.506 e. The van der Waals surface area contributed by atoms with Gasteiger partial charge in [-0.1, -0.05) is 10.2 Å². The second-order valence-corrected chi connectivity index (χ2v) is 4.91. The van der Waals surface area contributed by atoms with Crippen LogP contribution in [-0.2, 0) is 0 Å². The average Bonchev–Trinajstić information content (AvgIpc) is 2.95. The summed E-state index contributed by atoms with van der Waals surface area (Å²) in [6.45, 7) is 2.06. The zero-order valence-corrected chi connectivity index (χ0v) is 13.0. The third-order valence-corrected chi connectivity index (χ3v) is 2.99. The monoisotopic (exact) mass is 321 g/mol. The second-order valence-electron chi connectivity index (χ2n) is 4.46. The van der Waals surface area contributed by atoms with Crippen LogP contribution >= 0.6 is 12.6 Å². The van der Waals surface area contributed by atoms with E-state index in [0.29, 0.717) is 5.75 Å². The van der Waals surface area contributed by atoms with E-state index in [9.17, 15) is 9.90 Å². The van der Waals surface area contributed by atoms with Crippen molar-refractivity contribution in [1.29, 1.82) is 0 Å². The molecule has 1 aromatic carbocycles. The minimum absolute atomic E-state index is 0.0291. The highest BCUT2D eigenvalue weighted by molar-refractivity contribution is 7.80. The number of nitrogens with zero attached hydrogens (tertiary/aromatic N) is 5. The number of carbonyl (C=O) groups is 1. The van der Waals surface area contributed by atoms with Gasteiger partial charge < -0.3 is 14.4 Å². The number of hydrogen-bond acceptors (Lipinski definition) is 9. The number of phenols is 1. The molecule has 0 aliphatic heterocycles. The van der Waals surface area contributed by atoms with Gasteiger partial charge in [-0.3, -0.25) is 4.79 Å². The summed E-state index contributed by atoms with van der Waals surface area (Å²) >= 11 is 4.16. The van der Waals surface area contributed by atoms with Gasteiger partial charge in [0.25, 0.3) is 5.89 Å². The van der Waals surface area contributed by atoms with Crippen molar-refractivity contribution < 1.29 is 14.3 Å². The Morgan fingerprint density at radius 1 is 1.41 bits per heavy atom. The molecule has 0 saturated carbocycles. The fourth-order valence-corrected chi connectivity index (χ4v) is 1.91. The van der Waals surface area contributed by atoms with Crippen LogP contribution < -0.4 is 4.90 Å². The minimum atomic E-state index is -0.353. The number of hydrogen-bond donors (Lipinski definition) is 2. The van der Waals surface area contributed by atoms with Crippen LogP contribution in [0.2, 0.25) is 0 Å². The first kappa shape index (κ1) is 16.0. The summed E-state index contributed by atoms with van der Waals surface area (Å²) in [4.78, 5) is 13.0. The summed E-state index contributed by atoms with van der Waals surface area (Å²) in [5, 5.41) is 24.6. The fraction of sp³-hybridized carbons (Fsp3) is 0.308. The Labute approximate surface area is 132 Å². The van der Waals surface area contributed by atoms with E-state index < -0.39 is 0 Å². The Morgan fingerprint density at radius 3 is 2.77 bits per heavy atom. The van der Waals surface area contributed by atoms with Crippen LogP contribution in [-0.4, -0.2) is 40.4 Å². The van der Waals surface area contributed by atoms with Gasteiger partial charge in [-0.15, -0.1) is 10.2 Å². The Balaban J connectivity index is 2.15. The number of azo groups is 1. The molecule has 22 heavy (non-hydrogen) atoms. The molecule has 0 fully saturated rings. The topological polar surface area (TPSA) is 104 Å². The lowest BCUT2D eigenvalue weighted by Gasteiger charge is -2.18. The van der Waals surface area contributed by atoms with Crippen LogP contribution in [0.3, 0.4) is 0 Å². The molecule has 2 rings (SSSR count). The molecule has 0 saturated heterocycles. The Bertz CT molecular complexity index is 701. The molecule has 0 aliphatic carbocycles. The Hall–Kier alpha value is -2.42. The molecule has 0 aliphatic rings. The molecule has 1 N–H and O–H groups in total. The molecule has 8 nitrogen and oxygen atoms in total.